The Morgan fingerprint density at radius 3 is 2.78 bits per heavy atom. The summed E-state index contributed by atoms with van der Waals surface area (Å²) >= 11 is 0. The van der Waals surface area contributed by atoms with Crippen LogP contribution in [0.25, 0.3) is 0 Å². The van der Waals surface area contributed by atoms with Crippen molar-refractivity contribution < 1.29 is 4.79 Å². The van der Waals surface area contributed by atoms with E-state index in [2.05, 4.69) is 13.8 Å². The van der Waals surface area contributed by atoms with Gasteiger partial charge in [-0.25, -0.2) is 0 Å². The van der Waals surface area contributed by atoms with Crippen molar-refractivity contribution >= 4 is 11.6 Å². The largest absolute Gasteiger partial charge is 0.397 e. The lowest BCUT2D eigenvalue weighted by atomic mass is 9.88. The van der Waals surface area contributed by atoms with Gasteiger partial charge in [0.1, 0.15) is 5.69 Å². The first-order valence-electron chi connectivity index (χ1n) is 6.77. The number of likely N-dealkylation sites (tertiary alicyclic amines) is 1. The predicted octanol–water partition coefficient (Wildman–Crippen LogP) is 2.21. The highest BCUT2D eigenvalue weighted by molar-refractivity contribution is 5.94. The Morgan fingerprint density at radius 2 is 2.17 bits per heavy atom. The molecule has 0 saturated carbocycles. The van der Waals surface area contributed by atoms with Crippen molar-refractivity contribution in [1.82, 2.24) is 9.47 Å². The Hall–Kier alpha value is -1.45. The van der Waals surface area contributed by atoms with Crippen molar-refractivity contribution in [3.8, 4) is 0 Å². The summed E-state index contributed by atoms with van der Waals surface area (Å²) in [5.41, 5.74) is 7.16. The first kappa shape index (κ1) is 13.0. The molecular formula is C14H23N3O. The maximum absolute atomic E-state index is 12.5. The van der Waals surface area contributed by atoms with Gasteiger partial charge in [-0.05, 0) is 31.2 Å². The van der Waals surface area contributed by atoms with E-state index in [4.69, 9.17) is 5.73 Å². The second-order valence-corrected chi connectivity index (χ2v) is 5.44. The molecule has 2 atom stereocenters. The van der Waals surface area contributed by atoms with Gasteiger partial charge in [-0.15, -0.1) is 0 Å². The summed E-state index contributed by atoms with van der Waals surface area (Å²) in [6.45, 7) is 9.00. The van der Waals surface area contributed by atoms with Crippen LogP contribution in [0.1, 0.15) is 37.7 Å². The average molecular weight is 249 g/mol. The first-order valence-corrected chi connectivity index (χ1v) is 6.77. The van der Waals surface area contributed by atoms with Crippen molar-refractivity contribution in [1.29, 1.82) is 0 Å². The number of anilines is 1. The van der Waals surface area contributed by atoms with Crippen molar-refractivity contribution in [2.24, 2.45) is 11.8 Å². The van der Waals surface area contributed by atoms with Crippen molar-refractivity contribution in [3.63, 3.8) is 0 Å². The number of carbonyl (C=O) groups excluding carboxylic acids is 1. The zero-order chi connectivity index (χ0) is 13.3. The molecule has 1 aliphatic heterocycles. The standard InChI is InChI=1S/C14H23N3O/c1-4-16-9-12(15)7-13(16)14(18)17-6-5-10(2)11(3)8-17/h7,9-11H,4-6,8,15H2,1-3H3. The van der Waals surface area contributed by atoms with Crippen molar-refractivity contribution in [3.05, 3.63) is 18.0 Å². The van der Waals surface area contributed by atoms with Gasteiger partial charge < -0.3 is 15.2 Å². The van der Waals surface area contributed by atoms with Crippen LogP contribution in [-0.2, 0) is 6.54 Å². The van der Waals surface area contributed by atoms with E-state index >= 15 is 0 Å². The van der Waals surface area contributed by atoms with E-state index in [9.17, 15) is 4.79 Å². The zero-order valence-electron chi connectivity index (χ0n) is 11.5. The van der Waals surface area contributed by atoms with Crippen LogP contribution in [0.3, 0.4) is 0 Å². The molecule has 100 valence electrons. The molecule has 2 heterocycles. The van der Waals surface area contributed by atoms with Gasteiger partial charge in [-0.3, -0.25) is 4.79 Å². The van der Waals surface area contributed by atoms with Crippen LogP contribution in [0.5, 0.6) is 0 Å². The van der Waals surface area contributed by atoms with Crippen LogP contribution in [-0.4, -0.2) is 28.5 Å². The fourth-order valence-corrected chi connectivity index (χ4v) is 2.58. The summed E-state index contributed by atoms with van der Waals surface area (Å²) in [6, 6.07) is 1.79. The topological polar surface area (TPSA) is 51.3 Å². The molecule has 0 aliphatic carbocycles. The highest BCUT2D eigenvalue weighted by Crippen LogP contribution is 2.24. The molecule has 4 heteroatoms. The molecule has 1 saturated heterocycles. The summed E-state index contributed by atoms with van der Waals surface area (Å²) in [7, 11) is 0. The molecular weight excluding hydrogens is 226 g/mol. The van der Waals surface area contributed by atoms with Crippen LogP contribution < -0.4 is 5.73 Å². The molecule has 2 unspecified atom stereocenters. The fraction of sp³-hybridized carbons (Fsp3) is 0.643. The number of aromatic nitrogens is 1. The molecule has 0 spiro atoms. The number of amides is 1. The Balaban J connectivity index is 2.16. The third-order valence-corrected chi connectivity index (χ3v) is 4.10. The molecule has 2 rings (SSSR count). The predicted molar refractivity (Wildman–Crippen MR) is 73.4 cm³/mol. The van der Waals surface area contributed by atoms with Gasteiger partial charge in [0.15, 0.2) is 0 Å². The summed E-state index contributed by atoms with van der Waals surface area (Å²) in [6.07, 6.45) is 2.93. The van der Waals surface area contributed by atoms with Crippen molar-refractivity contribution in [2.45, 2.75) is 33.7 Å². The van der Waals surface area contributed by atoms with E-state index in [0.29, 0.717) is 17.5 Å². The third-order valence-electron chi connectivity index (χ3n) is 4.10. The van der Waals surface area contributed by atoms with Gasteiger partial charge in [0, 0.05) is 25.8 Å². The zero-order valence-corrected chi connectivity index (χ0v) is 11.5. The lowest BCUT2D eigenvalue weighted by molar-refractivity contribution is 0.0617. The first-order chi connectivity index (χ1) is 8.52. The molecule has 1 fully saturated rings. The summed E-state index contributed by atoms with van der Waals surface area (Å²) < 4.78 is 1.93. The molecule has 0 aromatic carbocycles. The SMILES string of the molecule is CCn1cc(N)cc1C(=O)N1CCC(C)C(C)C1. The number of nitrogens with zero attached hydrogens (tertiary/aromatic N) is 2. The molecule has 1 aromatic heterocycles. The van der Waals surface area contributed by atoms with Gasteiger partial charge in [0.25, 0.3) is 5.91 Å². The maximum atomic E-state index is 12.5. The van der Waals surface area contributed by atoms with Gasteiger partial charge in [0.2, 0.25) is 0 Å². The Labute approximate surface area is 109 Å². The minimum absolute atomic E-state index is 0.118. The molecule has 1 aliphatic rings. The molecule has 0 bridgehead atoms. The summed E-state index contributed by atoms with van der Waals surface area (Å²) in [4.78, 5) is 14.5. The molecule has 2 N–H and O–H groups in total. The van der Waals surface area contributed by atoms with Crippen molar-refractivity contribution in [2.75, 3.05) is 18.8 Å². The van der Waals surface area contributed by atoms with Gasteiger partial charge in [-0.1, -0.05) is 13.8 Å². The smallest absolute Gasteiger partial charge is 0.270 e. The number of nitrogen functional groups attached to an aromatic ring is 1. The number of aryl methyl sites for hydroxylation is 1. The number of carbonyl (C=O) groups is 1. The number of hydrogen-bond donors (Lipinski definition) is 1. The quantitative estimate of drug-likeness (QED) is 0.873. The number of nitrogens with two attached hydrogens (primary N) is 1. The van der Waals surface area contributed by atoms with Gasteiger partial charge >= 0.3 is 0 Å². The van der Waals surface area contributed by atoms with E-state index in [-0.39, 0.29) is 5.91 Å². The fourth-order valence-electron chi connectivity index (χ4n) is 2.58. The van der Waals surface area contributed by atoms with Crippen LogP contribution in [0.15, 0.2) is 12.3 Å². The van der Waals surface area contributed by atoms with Crippen LogP contribution in [0.4, 0.5) is 5.69 Å². The normalized spacial score (nSPS) is 24.3. The van der Waals surface area contributed by atoms with E-state index in [0.717, 1.165) is 31.7 Å². The Morgan fingerprint density at radius 1 is 1.44 bits per heavy atom. The number of piperidine rings is 1. The number of rotatable bonds is 2. The minimum Gasteiger partial charge on any atom is -0.397 e. The third kappa shape index (κ3) is 2.37. The van der Waals surface area contributed by atoms with E-state index < -0.39 is 0 Å². The van der Waals surface area contributed by atoms with Crippen LogP contribution >= 0.6 is 0 Å². The minimum atomic E-state index is 0.118. The Bertz CT molecular complexity index is 438. The van der Waals surface area contributed by atoms with E-state index in [1.165, 1.54) is 0 Å². The number of hydrogen-bond acceptors (Lipinski definition) is 2. The summed E-state index contributed by atoms with van der Waals surface area (Å²) in [5, 5.41) is 0. The second kappa shape index (κ2) is 5.04. The van der Waals surface area contributed by atoms with E-state index in [1.807, 2.05) is 22.6 Å². The van der Waals surface area contributed by atoms with Gasteiger partial charge in [-0.2, -0.15) is 0 Å². The van der Waals surface area contributed by atoms with Crippen LogP contribution in [0, 0.1) is 11.8 Å². The monoisotopic (exact) mass is 249 g/mol. The second-order valence-electron chi connectivity index (χ2n) is 5.44. The van der Waals surface area contributed by atoms with Crippen LogP contribution in [0.2, 0.25) is 0 Å². The molecule has 1 amide bonds. The average Bonchev–Trinajstić information content (AvgIpc) is 2.73. The molecule has 1 aromatic rings. The van der Waals surface area contributed by atoms with Gasteiger partial charge in [0.05, 0.1) is 5.69 Å². The lowest BCUT2D eigenvalue weighted by Crippen LogP contribution is -2.42. The highest BCUT2D eigenvalue weighted by atomic mass is 16.2. The molecule has 0 radical (unpaired) electrons. The molecule has 4 nitrogen and oxygen atoms in total. The summed E-state index contributed by atoms with van der Waals surface area (Å²) in [5.74, 6) is 1.40. The Kier molecular flexibility index (Phi) is 3.64. The lowest BCUT2D eigenvalue weighted by Gasteiger charge is -2.35. The molecule has 18 heavy (non-hydrogen) atoms. The maximum Gasteiger partial charge on any atom is 0.270 e. The highest BCUT2D eigenvalue weighted by Gasteiger charge is 2.27. The van der Waals surface area contributed by atoms with E-state index in [1.54, 1.807) is 6.07 Å².